The van der Waals surface area contributed by atoms with Crippen LogP contribution in [0.15, 0.2) is 48.5 Å². The van der Waals surface area contributed by atoms with Crippen LogP contribution in [0.25, 0.3) is 0 Å². The fourth-order valence-corrected chi connectivity index (χ4v) is 3.45. The normalized spacial score (nSPS) is 13.2. The topological polar surface area (TPSA) is 29.1 Å². The molecule has 0 saturated heterocycles. The van der Waals surface area contributed by atoms with Gasteiger partial charge >= 0.3 is 0 Å². The van der Waals surface area contributed by atoms with Crippen LogP contribution in [0.3, 0.4) is 0 Å². The van der Waals surface area contributed by atoms with Gasteiger partial charge in [-0.2, -0.15) is 0 Å². The van der Waals surface area contributed by atoms with Crippen molar-refractivity contribution in [2.75, 3.05) is 0 Å². The molecule has 0 aliphatic heterocycles. The van der Waals surface area contributed by atoms with E-state index in [0.29, 0.717) is 24.9 Å². The first kappa shape index (κ1) is 20.1. The molecule has 1 amide bonds. The van der Waals surface area contributed by atoms with E-state index in [1.165, 1.54) is 18.2 Å². The van der Waals surface area contributed by atoms with Gasteiger partial charge in [0.15, 0.2) is 0 Å². The molecule has 0 aliphatic carbocycles. The largest absolute Gasteiger partial charge is 0.351 e. The Morgan fingerprint density at radius 2 is 1.65 bits per heavy atom. The number of unbranched alkanes of at least 4 members (excludes halogenated alkanes) is 1. The zero-order valence-corrected chi connectivity index (χ0v) is 15.5. The monoisotopic (exact) mass is 359 g/mol. The molecule has 4 heteroatoms. The van der Waals surface area contributed by atoms with Gasteiger partial charge in [-0.15, -0.1) is 0 Å². The molecule has 1 atom stereocenters. The van der Waals surface area contributed by atoms with Gasteiger partial charge in [0.25, 0.3) is 0 Å². The molecule has 1 N–H and O–H groups in total. The lowest BCUT2D eigenvalue weighted by molar-refractivity contribution is -0.127. The van der Waals surface area contributed by atoms with Crippen LogP contribution in [0.2, 0.25) is 0 Å². The van der Waals surface area contributed by atoms with Crippen molar-refractivity contribution in [2.24, 2.45) is 0 Å². The second kappa shape index (κ2) is 9.46. The molecule has 26 heavy (non-hydrogen) atoms. The predicted molar refractivity (Wildman–Crippen MR) is 101 cm³/mol. The van der Waals surface area contributed by atoms with E-state index >= 15 is 0 Å². The quantitative estimate of drug-likeness (QED) is 0.628. The molecule has 0 bridgehead atoms. The van der Waals surface area contributed by atoms with E-state index in [-0.39, 0.29) is 17.5 Å². The summed E-state index contributed by atoms with van der Waals surface area (Å²) in [7, 11) is 0. The van der Waals surface area contributed by atoms with Gasteiger partial charge in [-0.05, 0) is 36.6 Å². The average Bonchev–Trinajstić information content (AvgIpc) is 2.65. The molecule has 0 fully saturated rings. The molecule has 2 aromatic carbocycles. The van der Waals surface area contributed by atoms with E-state index in [2.05, 4.69) is 12.2 Å². The zero-order valence-electron chi connectivity index (χ0n) is 15.5. The number of benzene rings is 2. The Balaban J connectivity index is 2.30. The maximum atomic E-state index is 14.6. The van der Waals surface area contributed by atoms with Crippen LogP contribution in [-0.4, -0.2) is 5.91 Å². The van der Waals surface area contributed by atoms with Crippen molar-refractivity contribution < 1.29 is 13.6 Å². The molecule has 140 valence electrons. The van der Waals surface area contributed by atoms with E-state index < -0.39 is 5.41 Å². The van der Waals surface area contributed by atoms with Gasteiger partial charge in [-0.1, -0.05) is 63.4 Å². The standard InChI is InChI=1S/C22H27F2NO/c1-3-5-15-22(14-4-2,19-8-6-7-9-20(19)24)21(26)25-16-17-10-12-18(23)13-11-17/h6-13H,3-5,14-16H2,1-2H3,(H,25,26). The summed E-state index contributed by atoms with van der Waals surface area (Å²) < 4.78 is 27.6. The van der Waals surface area contributed by atoms with Crippen molar-refractivity contribution in [1.82, 2.24) is 5.32 Å². The van der Waals surface area contributed by atoms with Gasteiger partial charge in [0.1, 0.15) is 11.6 Å². The van der Waals surface area contributed by atoms with Gasteiger partial charge < -0.3 is 5.32 Å². The molecular weight excluding hydrogens is 332 g/mol. The first-order valence-corrected chi connectivity index (χ1v) is 9.31. The first-order chi connectivity index (χ1) is 12.5. The zero-order chi connectivity index (χ0) is 19.0. The summed E-state index contributed by atoms with van der Waals surface area (Å²) in [4.78, 5) is 13.2. The van der Waals surface area contributed by atoms with Crippen molar-refractivity contribution in [3.8, 4) is 0 Å². The molecule has 0 heterocycles. The van der Waals surface area contributed by atoms with Crippen molar-refractivity contribution in [3.63, 3.8) is 0 Å². The fraction of sp³-hybridized carbons (Fsp3) is 0.409. The summed E-state index contributed by atoms with van der Waals surface area (Å²) >= 11 is 0. The molecule has 1 unspecified atom stereocenters. The highest BCUT2D eigenvalue weighted by Gasteiger charge is 2.40. The highest BCUT2D eigenvalue weighted by molar-refractivity contribution is 5.88. The van der Waals surface area contributed by atoms with Crippen molar-refractivity contribution in [2.45, 2.75) is 57.9 Å². The van der Waals surface area contributed by atoms with E-state index in [1.54, 1.807) is 30.3 Å². The molecule has 0 spiro atoms. The molecular formula is C22H27F2NO. The number of carbonyl (C=O) groups excluding carboxylic acids is 1. The van der Waals surface area contributed by atoms with Crippen molar-refractivity contribution in [1.29, 1.82) is 0 Å². The average molecular weight is 359 g/mol. The smallest absolute Gasteiger partial charge is 0.231 e. The number of halogens is 2. The number of nitrogens with one attached hydrogen (secondary N) is 1. The minimum absolute atomic E-state index is 0.165. The third-order valence-electron chi connectivity index (χ3n) is 4.82. The third-order valence-corrected chi connectivity index (χ3v) is 4.82. The number of carbonyl (C=O) groups is 1. The Bertz CT molecular complexity index is 714. The summed E-state index contributed by atoms with van der Waals surface area (Å²) in [6, 6.07) is 12.6. The van der Waals surface area contributed by atoms with E-state index in [9.17, 15) is 13.6 Å². The first-order valence-electron chi connectivity index (χ1n) is 9.31. The molecule has 2 aromatic rings. The van der Waals surface area contributed by atoms with E-state index in [4.69, 9.17) is 0 Å². The Hall–Kier alpha value is -2.23. The van der Waals surface area contributed by atoms with Crippen LogP contribution < -0.4 is 5.32 Å². The lowest BCUT2D eigenvalue weighted by Gasteiger charge is -2.33. The summed E-state index contributed by atoms with van der Waals surface area (Å²) in [6.45, 7) is 4.37. The Morgan fingerprint density at radius 3 is 2.27 bits per heavy atom. The molecule has 0 radical (unpaired) electrons. The summed E-state index contributed by atoms with van der Waals surface area (Å²) in [5.41, 5.74) is 0.400. The van der Waals surface area contributed by atoms with Crippen LogP contribution >= 0.6 is 0 Å². The molecule has 0 saturated carbocycles. The van der Waals surface area contributed by atoms with E-state index in [1.807, 2.05) is 6.92 Å². The Labute approximate surface area is 154 Å². The second-order valence-electron chi connectivity index (χ2n) is 6.72. The predicted octanol–water partition coefficient (Wildman–Crippen LogP) is 5.51. The Morgan fingerprint density at radius 1 is 0.962 bits per heavy atom. The Kier molecular flexibility index (Phi) is 7.31. The van der Waals surface area contributed by atoms with Crippen LogP contribution in [-0.2, 0) is 16.8 Å². The molecule has 0 aliphatic rings. The second-order valence-corrected chi connectivity index (χ2v) is 6.72. The van der Waals surface area contributed by atoms with Crippen LogP contribution in [0, 0.1) is 11.6 Å². The summed E-state index contributed by atoms with van der Waals surface area (Å²) in [6.07, 6.45) is 3.75. The lowest BCUT2D eigenvalue weighted by Crippen LogP contribution is -2.45. The highest BCUT2D eigenvalue weighted by Crippen LogP contribution is 2.37. The molecule has 0 aromatic heterocycles. The van der Waals surface area contributed by atoms with Crippen LogP contribution in [0.1, 0.15) is 57.1 Å². The van der Waals surface area contributed by atoms with Gasteiger partial charge in [-0.3, -0.25) is 4.79 Å². The summed E-state index contributed by atoms with van der Waals surface area (Å²) in [5.74, 6) is -0.814. The third kappa shape index (κ3) is 4.69. The number of hydrogen-bond acceptors (Lipinski definition) is 1. The highest BCUT2D eigenvalue weighted by atomic mass is 19.1. The number of amides is 1. The van der Waals surface area contributed by atoms with Crippen LogP contribution in [0.4, 0.5) is 8.78 Å². The van der Waals surface area contributed by atoms with Crippen molar-refractivity contribution in [3.05, 3.63) is 71.3 Å². The van der Waals surface area contributed by atoms with Crippen LogP contribution in [0.5, 0.6) is 0 Å². The SMILES string of the molecule is CCCCC(CCC)(C(=O)NCc1ccc(F)cc1)c1ccccc1F. The van der Waals surface area contributed by atoms with Gasteiger partial charge in [-0.25, -0.2) is 8.78 Å². The number of hydrogen-bond donors (Lipinski definition) is 1. The fourth-order valence-electron chi connectivity index (χ4n) is 3.45. The minimum Gasteiger partial charge on any atom is -0.351 e. The lowest BCUT2D eigenvalue weighted by atomic mass is 9.72. The molecule has 2 nitrogen and oxygen atoms in total. The van der Waals surface area contributed by atoms with Gasteiger partial charge in [0.2, 0.25) is 5.91 Å². The van der Waals surface area contributed by atoms with E-state index in [0.717, 1.165) is 24.8 Å². The minimum atomic E-state index is -0.879. The molecule has 2 rings (SSSR count). The van der Waals surface area contributed by atoms with Gasteiger partial charge in [0, 0.05) is 12.1 Å². The number of rotatable bonds is 9. The maximum Gasteiger partial charge on any atom is 0.231 e. The maximum absolute atomic E-state index is 14.6. The summed E-state index contributed by atoms with van der Waals surface area (Å²) in [5, 5.41) is 2.95. The van der Waals surface area contributed by atoms with Gasteiger partial charge in [0.05, 0.1) is 5.41 Å². The van der Waals surface area contributed by atoms with Crippen molar-refractivity contribution >= 4 is 5.91 Å².